The van der Waals surface area contributed by atoms with Crippen molar-refractivity contribution < 1.29 is 14.1 Å². The zero-order valence-electron chi connectivity index (χ0n) is 10.5. The number of anilines is 1. The van der Waals surface area contributed by atoms with Crippen LogP contribution in [-0.2, 0) is 4.79 Å². The molecule has 0 aliphatic heterocycles. The summed E-state index contributed by atoms with van der Waals surface area (Å²) in [6.45, 7) is 1.55. The summed E-state index contributed by atoms with van der Waals surface area (Å²) < 4.78 is 13.9. The minimum Gasteiger partial charge on any atom is -0.324 e. The van der Waals surface area contributed by atoms with Crippen LogP contribution in [0.1, 0.15) is 13.0 Å². The first-order valence-corrected chi connectivity index (χ1v) is 5.72. The summed E-state index contributed by atoms with van der Waals surface area (Å²) in [4.78, 5) is 21.9. The Hall–Kier alpha value is -2.77. The molecule has 0 saturated heterocycles. The monoisotopic (exact) mass is 278 g/mol. The van der Waals surface area contributed by atoms with Crippen molar-refractivity contribution in [2.45, 2.75) is 13.0 Å². The lowest BCUT2D eigenvalue weighted by atomic mass is 10.2. The molecule has 20 heavy (non-hydrogen) atoms. The first-order chi connectivity index (χ1) is 9.47. The number of aromatic nitrogens is 2. The van der Waals surface area contributed by atoms with Gasteiger partial charge in [-0.05, 0) is 31.2 Å². The van der Waals surface area contributed by atoms with Crippen LogP contribution in [0.25, 0.3) is 0 Å². The molecule has 0 radical (unpaired) electrons. The van der Waals surface area contributed by atoms with Gasteiger partial charge in [-0.2, -0.15) is 5.10 Å². The molecular formula is C12H11FN4O3. The highest BCUT2D eigenvalue weighted by Crippen LogP contribution is 2.15. The number of nitrogens with zero attached hydrogens (tertiary/aromatic N) is 3. The van der Waals surface area contributed by atoms with Crippen molar-refractivity contribution >= 4 is 17.3 Å². The van der Waals surface area contributed by atoms with Gasteiger partial charge in [-0.25, -0.2) is 4.39 Å². The fourth-order valence-corrected chi connectivity index (χ4v) is 1.53. The van der Waals surface area contributed by atoms with Crippen LogP contribution >= 0.6 is 0 Å². The van der Waals surface area contributed by atoms with Crippen LogP contribution in [0.4, 0.5) is 15.8 Å². The summed E-state index contributed by atoms with van der Waals surface area (Å²) in [5.74, 6) is -0.812. The number of amides is 1. The largest absolute Gasteiger partial charge is 0.324 e. The molecule has 0 aliphatic rings. The second-order valence-corrected chi connectivity index (χ2v) is 4.11. The maximum absolute atomic E-state index is 12.7. The number of carbonyl (C=O) groups excluding carboxylic acids is 1. The predicted octanol–water partition coefficient (Wildman–Crippen LogP) is 2.13. The molecule has 0 unspecified atom stereocenters. The van der Waals surface area contributed by atoms with Crippen LogP contribution < -0.4 is 5.32 Å². The van der Waals surface area contributed by atoms with Crippen molar-refractivity contribution in [2.24, 2.45) is 0 Å². The Labute approximate surface area is 113 Å². The SMILES string of the molecule is C[C@@H](C(=O)Nc1ccc(F)cc1)n1cc([N+](=O)[O-])cn1. The predicted molar refractivity (Wildman–Crippen MR) is 68.6 cm³/mol. The van der Waals surface area contributed by atoms with Gasteiger partial charge in [0.25, 0.3) is 0 Å². The Morgan fingerprint density at radius 2 is 2.10 bits per heavy atom. The van der Waals surface area contributed by atoms with Crippen LogP contribution in [0, 0.1) is 15.9 Å². The number of hydrogen-bond donors (Lipinski definition) is 1. The van der Waals surface area contributed by atoms with E-state index in [0.717, 1.165) is 6.20 Å². The number of rotatable bonds is 4. The average molecular weight is 278 g/mol. The molecule has 0 spiro atoms. The van der Waals surface area contributed by atoms with Crippen molar-refractivity contribution in [2.75, 3.05) is 5.32 Å². The number of carbonyl (C=O) groups is 1. The average Bonchev–Trinajstić information content (AvgIpc) is 2.90. The highest BCUT2D eigenvalue weighted by Gasteiger charge is 2.19. The van der Waals surface area contributed by atoms with Crippen LogP contribution in [0.5, 0.6) is 0 Å². The molecule has 0 saturated carbocycles. The number of hydrogen-bond acceptors (Lipinski definition) is 4. The molecular weight excluding hydrogens is 267 g/mol. The lowest BCUT2D eigenvalue weighted by Crippen LogP contribution is -2.23. The van der Waals surface area contributed by atoms with E-state index in [1.165, 1.54) is 35.1 Å². The van der Waals surface area contributed by atoms with E-state index in [2.05, 4.69) is 10.4 Å². The smallest absolute Gasteiger partial charge is 0.307 e. The Balaban J connectivity index is 2.07. The molecule has 1 atom stereocenters. The molecule has 1 N–H and O–H groups in total. The third-order valence-corrected chi connectivity index (χ3v) is 2.69. The summed E-state index contributed by atoms with van der Waals surface area (Å²) in [7, 11) is 0. The minimum atomic E-state index is -0.728. The first-order valence-electron chi connectivity index (χ1n) is 5.72. The Kier molecular flexibility index (Phi) is 3.74. The van der Waals surface area contributed by atoms with E-state index in [0.29, 0.717) is 5.69 Å². The summed E-state index contributed by atoms with van der Waals surface area (Å²) in [6, 6.07) is 4.56. The molecule has 2 rings (SSSR count). The van der Waals surface area contributed by atoms with Gasteiger partial charge in [0.2, 0.25) is 5.91 Å². The molecule has 8 heteroatoms. The fourth-order valence-electron chi connectivity index (χ4n) is 1.53. The first kappa shape index (κ1) is 13.7. The van der Waals surface area contributed by atoms with E-state index in [-0.39, 0.29) is 5.69 Å². The van der Waals surface area contributed by atoms with Gasteiger partial charge in [0, 0.05) is 5.69 Å². The van der Waals surface area contributed by atoms with E-state index in [1.807, 2.05) is 0 Å². The lowest BCUT2D eigenvalue weighted by molar-refractivity contribution is -0.385. The molecule has 7 nitrogen and oxygen atoms in total. The van der Waals surface area contributed by atoms with Gasteiger partial charge in [0.1, 0.15) is 24.3 Å². The van der Waals surface area contributed by atoms with Crippen LogP contribution in [0.15, 0.2) is 36.7 Å². The fraction of sp³-hybridized carbons (Fsp3) is 0.167. The molecule has 1 heterocycles. The van der Waals surface area contributed by atoms with Gasteiger partial charge in [-0.15, -0.1) is 0 Å². The minimum absolute atomic E-state index is 0.188. The summed E-state index contributed by atoms with van der Waals surface area (Å²) >= 11 is 0. The van der Waals surface area contributed by atoms with Crippen LogP contribution in [-0.4, -0.2) is 20.6 Å². The second kappa shape index (κ2) is 5.47. The maximum Gasteiger partial charge on any atom is 0.307 e. The Bertz CT molecular complexity index is 638. The third-order valence-electron chi connectivity index (χ3n) is 2.69. The maximum atomic E-state index is 12.7. The molecule has 0 bridgehead atoms. The highest BCUT2D eigenvalue weighted by molar-refractivity contribution is 5.93. The van der Waals surface area contributed by atoms with Crippen molar-refractivity contribution in [1.29, 1.82) is 0 Å². The molecule has 0 fully saturated rings. The van der Waals surface area contributed by atoms with Gasteiger partial charge in [-0.1, -0.05) is 0 Å². The molecule has 1 amide bonds. The summed E-state index contributed by atoms with van der Waals surface area (Å²) in [6.07, 6.45) is 2.25. The lowest BCUT2D eigenvalue weighted by Gasteiger charge is -2.12. The van der Waals surface area contributed by atoms with E-state index >= 15 is 0 Å². The molecule has 1 aromatic heterocycles. The van der Waals surface area contributed by atoms with Gasteiger partial charge < -0.3 is 5.32 Å². The zero-order chi connectivity index (χ0) is 14.7. The van der Waals surface area contributed by atoms with Gasteiger partial charge in [-0.3, -0.25) is 19.6 Å². The summed E-state index contributed by atoms with van der Waals surface area (Å²) in [5.41, 5.74) is 0.247. The van der Waals surface area contributed by atoms with Crippen molar-refractivity contribution in [3.63, 3.8) is 0 Å². The van der Waals surface area contributed by atoms with E-state index in [9.17, 15) is 19.3 Å². The third kappa shape index (κ3) is 2.97. The highest BCUT2D eigenvalue weighted by atomic mass is 19.1. The number of nitro groups is 1. The van der Waals surface area contributed by atoms with Crippen molar-refractivity contribution in [1.82, 2.24) is 9.78 Å². The summed E-state index contributed by atoms with van der Waals surface area (Å²) in [5, 5.41) is 16.9. The van der Waals surface area contributed by atoms with Gasteiger partial charge >= 0.3 is 5.69 Å². The van der Waals surface area contributed by atoms with E-state index in [1.54, 1.807) is 6.92 Å². The molecule has 2 aromatic rings. The number of halogens is 1. The Morgan fingerprint density at radius 3 is 2.65 bits per heavy atom. The molecule has 0 aliphatic carbocycles. The molecule has 104 valence electrons. The van der Waals surface area contributed by atoms with E-state index < -0.39 is 22.7 Å². The van der Waals surface area contributed by atoms with Crippen LogP contribution in [0.2, 0.25) is 0 Å². The van der Waals surface area contributed by atoms with Gasteiger partial charge in [0.05, 0.1) is 4.92 Å². The quantitative estimate of drug-likeness (QED) is 0.685. The van der Waals surface area contributed by atoms with Crippen molar-refractivity contribution in [3.8, 4) is 0 Å². The molecule has 1 aromatic carbocycles. The standard InChI is InChI=1S/C12H11FN4O3/c1-8(16-7-11(6-14-16)17(19)20)12(18)15-10-4-2-9(13)3-5-10/h2-8H,1H3,(H,15,18)/t8-/m0/s1. The number of nitrogens with one attached hydrogen (secondary N) is 1. The Morgan fingerprint density at radius 1 is 1.45 bits per heavy atom. The van der Waals surface area contributed by atoms with Gasteiger partial charge in [0.15, 0.2) is 0 Å². The number of benzene rings is 1. The second-order valence-electron chi connectivity index (χ2n) is 4.11. The van der Waals surface area contributed by atoms with Crippen molar-refractivity contribution in [3.05, 3.63) is 52.6 Å². The van der Waals surface area contributed by atoms with Crippen LogP contribution in [0.3, 0.4) is 0 Å². The zero-order valence-corrected chi connectivity index (χ0v) is 10.5. The van der Waals surface area contributed by atoms with E-state index in [4.69, 9.17) is 0 Å². The normalized spacial score (nSPS) is 11.9. The topological polar surface area (TPSA) is 90.1 Å².